The quantitative estimate of drug-likeness (QED) is 0.745. The van der Waals surface area contributed by atoms with Crippen molar-refractivity contribution in [2.24, 2.45) is 0 Å². The van der Waals surface area contributed by atoms with E-state index in [0.717, 1.165) is 0 Å². The molecular formula is C12H10FNO. The van der Waals surface area contributed by atoms with Crippen LogP contribution in [0.4, 0.5) is 4.39 Å². The van der Waals surface area contributed by atoms with Crippen molar-refractivity contribution in [3.8, 4) is 0 Å². The molecule has 0 aromatic heterocycles. The van der Waals surface area contributed by atoms with Gasteiger partial charge in [0.05, 0.1) is 0 Å². The fraction of sp³-hybridized carbons (Fsp3) is 0.0833. The first-order valence-corrected chi connectivity index (χ1v) is 4.57. The van der Waals surface area contributed by atoms with Gasteiger partial charge in [-0.15, -0.1) is 0 Å². The van der Waals surface area contributed by atoms with Crippen LogP contribution in [0.5, 0.6) is 0 Å². The summed E-state index contributed by atoms with van der Waals surface area (Å²) >= 11 is 0. The number of benzene rings is 1. The molecule has 0 unspecified atom stereocenters. The minimum Gasteiger partial charge on any atom is -0.322 e. The van der Waals surface area contributed by atoms with E-state index in [9.17, 15) is 9.18 Å². The van der Waals surface area contributed by atoms with E-state index >= 15 is 0 Å². The monoisotopic (exact) mass is 203 g/mol. The number of hydrogen-bond donors (Lipinski definition) is 1. The molecule has 1 amide bonds. The smallest absolute Gasteiger partial charge is 0.252 e. The molecular weight excluding hydrogens is 193 g/mol. The summed E-state index contributed by atoms with van der Waals surface area (Å²) < 4.78 is 13.5. The zero-order chi connectivity index (χ0) is 11.0. The lowest BCUT2D eigenvalue weighted by Crippen LogP contribution is -2.14. The predicted octanol–water partition coefficient (Wildman–Crippen LogP) is 2.24. The first-order valence-electron chi connectivity index (χ1n) is 4.57. The topological polar surface area (TPSA) is 29.1 Å². The molecule has 1 aromatic rings. The molecule has 0 saturated heterocycles. The van der Waals surface area contributed by atoms with E-state index in [1.165, 1.54) is 6.07 Å². The molecule has 15 heavy (non-hydrogen) atoms. The largest absolute Gasteiger partial charge is 0.322 e. The summed E-state index contributed by atoms with van der Waals surface area (Å²) in [5, 5.41) is 2.57. The van der Waals surface area contributed by atoms with Crippen molar-refractivity contribution in [2.75, 3.05) is 0 Å². The number of halogens is 1. The lowest BCUT2D eigenvalue weighted by atomic mass is 10.0. The van der Waals surface area contributed by atoms with Gasteiger partial charge in [0.15, 0.2) is 0 Å². The molecule has 0 fully saturated rings. The van der Waals surface area contributed by atoms with Crippen molar-refractivity contribution in [1.29, 1.82) is 0 Å². The Morgan fingerprint density at radius 3 is 2.53 bits per heavy atom. The highest BCUT2D eigenvalue weighted by molar-refractivity contribution is 6.10. The van der Waals surface area contributed by atoms with E-state index in [2.05, 4.69) is 11.9 Å². The zero-order valence-corrected chi connectivity index (χ0v) is 8.30. The van der Waals surface area contributed by atoms with Crippen LogP contribution in [0, 0.1) is 5.82 Å². The SMILES string of the molecule is C=C1NC(=O)C(C)=C1c1ccccc1F. The first-order chi connectivity index (χ1) is 7.11. The Morgan fingerprint density at radius 1 is 1.33 bits per heavy atom. The predicted molar refractivity (Wildman–Crippen MR) is 56.3 cm³/mol. The number of carbonyl (C=O) groups excluding carboxylic acids is 1. The molecule has 0 bridgehead atoms. The van der Waals surface area contributed by atoms with Gasteiger partial charge in [-0.05, 0) is 13.0 Å². The van der Waals surface area contributed by atoms with Gasteiger partial charge in [-0.3, -0.25) is 4.79 Å². The van der Waals surface area contributed by atoms with Crippen LogP contribution >= 0.6 is 0 Å². The van der Waals surface area contributed by atoms with Crippen LogP contribution in [-0.4, -0.2) is 5.91 Å². The normalized spacial score (nSPS) is 15.9. The summed E-state index contributed by atoms with van der Waals surface area (Å²) in [7, 11) is 0. The van der Waals surface area contributed by atoms with Crippen molar-refractivity contribution in [3.05, 3.63) is 53.5 Å². The van der Waals surface area contributed by atoms with Crippen LogP contribution < -0.4 is 5.32 Å². The van der Waals surface area contributed by atoms with E-state index < -0.39 is 0 Å². The van der Waals surface area contributed by atoms with Crippen LogP contribution in [0.3, 0.4) is 0 Å². The van der Waals surface area contributed by atoms with Gasteiger partial charge in [0, 0.05) is 22.4 Å². The van der Waals surface area contributed by atoms with Gasteiger partial charge in [0.2, 0.25) is 0 Å². The van der Waals surface area contributed by atoms with Gasteiger partial charge in [-0.25, -0.2) is 4.39 Å². The second-order valence-corrected chi connectivity index (χ2v) is 3.41. The maximum absolute atomic E-state index is 13.5. The zero-order valence-electron chi connectivity index (χ0n) is 8.30. The summed E-state index contributed by atoms with van der Waals surface area (Å²) in [6.07, 6.45) is 0. The second-order valence-electron chi connectivity index (χ2n) is 3.41. The van der Waals surface area contributed by atoms with Crippen molar-refractivity contribution in [3.63, 3.8) is 0 Å². The lowest BCUT2D eigenvalue weighted by molar-refractivity contribution is -0.116. The molecule has 0 radical (unpaired) electrons. The Hall–Kier alpha value is -1.90. The Morgan fingerprint density at radius 2 is 2.00 bits per heavy atom. The first kappa shape index (κ1) is 9.65. The number of amides is 1. The number of nitrogens with one attached hydrogen (secondary N) is 1. The molecule has 1 aliphatic heterocycles. The van der Waals surface area contributed by atoms with E-state index in [0.29, 0.717) is 22.4 Å². The molecule has 1 aliphatic rings. The lowest BCUT2D eigenvalue weighted by Gasteiger charge is -2.05. The summed E-state index contributed by atoms with van der Waals surface area (Å²) in [4.78, 5) is 11.3. The van der Waals surface area contributed by atoms with E-state index in [1.54, 1.807) is 25.1 Å². The van der Waals surface area contributed by atoms with E-state index in [4.69, 9.17) is 0 Å². The fourth-order valence-electron chi connectivity index (χ4n) is 1.66. The van der Waals surface area contributed by atoms with Crippen LogP contribution in [0.1, 0.15) is 12.5 Å². The molecule has 2 nitrogen and oxygen atoms in total. The summed E-state index contributed by atoms with van der Waals surface area (Å²) in [5.41, 5.74) is 1.95. The van der Waals surface area contributed by atoms with Crippen LogP contribution in [-0.2, 0) is 4.79 Å². The van der Waals surface area contributed by atoms with Crippen molar-refractivity contribution in [1.82, 2.24) is 5.32 Å². The summed E-state index contributed by atoms with van der Waals surface area (Å²) in [5.74, 6) is -0.553. The van der Waals surface area contributed by atoms with Gasteiger partial charge in [-0.2, -0.15) is 0 Å². The van der Waals surface area contributed by atoms with Crippen LogP contribution in [0.25, 0.3) is 5.57 Å². The highest BCUT2D eigenvalue weighted by Gasteiger charge is 2.24. The standard InChI is InChI=1S/C12H10FNO/c1-7-11(8(2)14-12(7)15)9-5-3-4-6-10(9)13/h3-6H,2H2,1H3,(H,14,15). The number of rotatable bonds is 1. The average Bonchev–Trinajstić information content (AvgIpc) is 2.43. The van der Waals surface area contributed by atoms with Gasteiger partial charge in [-0.1, -0.05) is 24.8 Å². The highest BCUT2D eigenvalue weighted by Crippen LogP contribution is 2.30. The van der Waals surface area contributed by atoms with Crippen LogP contribution in [0.2, 0.25) is 0 Å². The van der Waals surface area contributed by atoms with E-state index in [1.807, 2.05) is 0 Å². The molecule has 1 N–H and O–H groups in total. The molecule has 0 spiro atoms. The minimum atomic E-state index is -0.343. The summed E-state index contributed by atoms with van der Waals surface area (Å²) in [6.45, 7) is 5.36. The summed E-state index contributed by atoms with van der Waals surface area (Å²) in [6, 6.07) is 6.35. The fourth-order valence-corrected chi connectivity index (χ4v) is 1.66. The molecule has 3 heteroatoms. The third kappa shape index (κ3) is 1.46. The molecule has 0 saturated carbocycles. The Kier molecular flexibility index (Phi) is 2.15. The molecule has 2 rings (SSSR count). The molecule has 1 heterocycles. The third-order valence-corrected chi connectivity index (χ3v) is 2.42. The molecule has 1 aromatic carbocycles. The highest BCUT2D eigenvalue weighted by atomic mass is 19.1. The maximum atomic E-state index is 13.5. The third-order valence-electron chi connectivity index (χ3n) is 2.42. The van der Waals surface area contributed by atoms with E-state index in [-0.39, 0.29) is 11.7 Å². The van der Waals surface area contributed by atoms with Gasteiger partial charge < -0.3 is 5.32 Å². The van der Waals surface area contributed by atoms with Crippen molar-refractivity contribution < 1.29 is 9.18 Å². The Bertz CT molecular complexity index is 488. The second kappa shape index (κ2) is 3.35. The maximum Gasteiger partial charge on any atom is 0.252 e. The van der Waals surface area contributed by atoms with Gasteiger partial charge in [0.1, 0.15) is 5.82 Å². The van der Waals surface area contributed by atoms with Gasteiger partial charge >= 0.3 is 0 Å². The van der Waals surface area contributed by atoms with Crippen molar-refractivity contribution >= 4 is 11.5 Å². The van der Waals surface area contributed by atoms with Gasteiger partial charge in [0.25, 0.3) is 5.91 Å². The number of carbonyl (C=O) groups is 1. The Labute approximate surface area is 87.1 Å². The molecule has 76 valence electrons. The number of allylic oxidation sites excluding steroid dienone is 1. The minimum absolute atomic E-state index is 0.210. The Balaban J connectivity index is 2.62. The molecule has 0 aliphatic carbocycles. The van der Waals surface area contributed by atoms with Crippen LogP contribution in [0.15, 0.2) is 42.1 Å². The average molecular weight is 203 g/mol. The number of hydrogen-bond acceptors (Lipinski definition) is 1. The van der Waals surface area contributed by atoms with Crippen molar-refractivity contribution in [2.45, 2.75) is 6.92 Å². The molecule has 0 atom stereocenters.